The Kier molecular flexibility index (Phi) is 4.32. The molecule has 0 spiro atoms. The topological polar surface area (TPSA) is 71.5 Å². The maximum Gasteiger partial charge on any atom is 0.387 e. The number of alkyl halides is 2. The minimum Gasteiger partial charge on any atom is -0.478 e. The summed E-state index contributed by atoms with van der Waals surface area (Å²) >= 11 is 0. The number of hydrogen-bond donors (Lipinski definition) is 2. The van der Waals surface area contributed by atoms with Gasteiger partial charge in [0.15, 0.2) is 0 Å². The van der Waals surface area contributed by atoms with Crippen molar-refractivity contribution in [3.05, 3.63) is 47.7 Å². The molecule has 1 heterocycles. The summed E-state index contributed by atoms with van der Waals surface area (Å²) in [7, 11) is 0. The number of carboxylic acid groups (broad SMARTS) is 1. The van der Waals surface area contributed by atoms with Gasteiger partial charge >= 0.3 is 12.6 Å². The highest BCUT2D eigenvalue weighted by atomic mass is 19.3. The minimum atomic E-state index is -2.93. The third kappa shape index (κ3) is 3.65. The Morgan fingerprint density at radius 1 is 1.29 bits per heavy atom. The molecule has 7 heteroatoms. The number of rotatable bonds is 5. The van der Waals surface area contributed by atoms with Gasteiger partial charge in [0.05, 0.1) is 16.9 Å². The first-order valence-corrected chi connectivity index (χ1v) is 5.99. The van der Waals surface area contributed by atoms with Crippen molar-refractivity contribution in [2.45, 2.75) is 13.5 Å². The largest absolute Gasteiger partial charge is 0.478 e. The molecule has 0 saturated carbocycles. The number of nitrogens with one attached hydrogen (secondary N) is 1. The maximum absolute atomic E-state index is 12.3. The monoisotopic (exact) mass is 294 g/mol. The summed E-state index contributed by atoms with van der Waals surface area (Å²) in [5.41, 5.74) is 0.713. The number of carbonyl (C=O) groups is 1. The van der Waals surface area contributed by atoms with Crippen LogP contribution in [0.25, 0.3) is 0 Å². The van der Waals surface area contributed by atoms with E-state index in [9.17, 15) is 13.6 Å². The lowest BCUT2D eigenvalue weighted by atomic mass is 10.2. The number of carboxylic acids is 1. The molecular formula is C14H12F2N2O3. The van der Waals surface area contributed by atoms with E-state index in [0.29, 0.717) is 17.2 Å². The van der Waals surface area contributed by atoms with Crippen molar-refractivity contribution < 1.29 is 23.4 Å². The molecule has 0 radical (unpaired) electrons. The molecular weight excluding hydrogens is 282 g/mol. The Bertz CT molecular complexity index is 662. The van der Waals surface area contributed by atoms with Crippen molar-refractivity contribution >= 4 is 17.5 Å². The van der Waals surface area contributed by atoms with Crippen molar-refractivity contribution in [2.75, 3.05) is 5.32 Å². The molecule has 2 rings (SSSR count). The summed E-state index contributed by atoms with van der Waals surface area (Å²) in [5.74, 6) is -0.759. The molecule has 1 aromatic carbocycles. The standard InChI is InChI=1S/C14H12F2N2O3/c1-8-9(13(19)20)6-7-12(17-8)18-10-4-2-3-5-11(10)21-14(15)16/h2-7,14H,1H3,(H,17,18)(H,19,20). The number of para-hydroxylation sites is 2. The minimum absolute atomic E-state index is 0.0192. The molecule has 0 unspecified atom stereocenters. The van der Waals surface area contributed by atoms with Crippen LogP contribution < -0.4 is 10.1 Å². The van der Waals surface area contributed by atoms with Crippen LogP contribution in [0, 0.1) is 6.92 Å². The van der Waals surface area contributed by atoms with Crippen molar-refractivity contribution in [3.8, 4) is 5.75 Å². The van der Waals surface area contributed by atoms with Gasteiger partial charge in [-0.2, -0.15) is 8.78 Å². The first-order chi connectivity index (χ1) is 9.97. The smallest absolute Gasteiger partial charge is 0.387 e. The van der Waals surface area contributed by atoms with Gasteiger partial charge < -0.3 is 15.2 Å². The van der Waals surface area contributed by atoms with E-state index in [0.717, 1.165) is 0 Å². The number of aryl methyl sites for hydroxylation is 1. The van der Waals surface area contributed by atoms with Gasteiger partial charge in [-0.15, -0.1) is 0 Å². The molecule has 2 aromatic rings. The van der Waals surface area contributed by atoms with Crippen LogP contribution >= 0.6 is 0 Å². The fourth-order valence-electron chi connectivity index (χ4n) is 1.76. The summed E-state index contributed by atoms with van der Waals surface area (Å²) in [6.45, 7) is -1.38. The van der Waals surface area contributed by atoms with Crippen LogP contribution in [-0.4, -0.2) is 22.7 Å². The lowest BCUT2D eigenvalue weighted by Crippen LogP contribution is -2.06. The zero-order valence-corrected chi connectivity index (χ0v) is 11.0. The van der Waals surface area contributed by atoms with E-state index in [-0.39, 0.29) is 11.3 Å². The van der Waals surface area contributed by atoms with Crippen LogP contribution in [0.3, 0.4) is 0 Å². The van der Waals surface area contributed by atoms with Crippen molar-refractivity contribution in [1.82, 2.24) is 4.98 Å². The van der Waals surface area contributed by atoms with E-state index < -0.39 is 12.6 Å². The molecule has 0 aliphatic carbocycles. The van der Waals surface area contributed by atoms with Crippen LogP contribution in [0.2, 0.25) is 0 Å². The normalized spacial score (nSPS) is 10.5. The average Bonchev–Trinajstić information content (AvgIpc) is 2.40. The molecule has 0 bridgehead atoms. The Morgan fingerprint density at radius 2 is 2.00 bits per heavy atom. The Balaban J connectivity index is 2.26. The fourth-order valence-corrected chi connectivity index (χ4v) is 1.76. The summed E-state index contributed by atoms with van der Waals surface area (Å²) in [5, 5.41) is 11.7. The van der Waals surface area contributed by atoms with Crippen LogP contribution in [0.1, 0.15) is 16.1 Å². The Labute approximate surface area is 119 Å². The first-order valence-electron chi connectivity index (χ1n) is 5.99. The third-order valence-electron chi connectivity index (χ3n) is 2.68. The second-order valence-corrected chi connectivity index (χ2v) is 4.13. The van der Waals surface area contributed by atoms with Gasteiger partial charge in [-0.05, 0) is 31.2 Å². The van der Waals surface area contributed by atoms with Crippen LogP contribution in [0.4, 0.5) is 20.3 Å². The summed E-state index contributed by atoms with van der Waals surface area (Å²) in [6, 6.07) is 9.01. The highest BCUT2D eigenvalue weighted by molar-refractivity contribution is 5.89. The molecule has 2 N–H and O–H groups in total. The summed E-state index contributed by atoms with van der Waals surface area (Å²) < 4.78 is 29.0. The van der Waals surface area contributed by atoms with Gasteiger partial charge in [0, 0.05) is 0 Å². The molecule has 21 heavy (non-hydrogen) atoms. The molecule has 0 amide bonds. The van der Waals surface area contributed by atoms with E-state index in [4.69, 9.17) is 5.11 Å². The number of pyridine rings is 1. The second-order valence-electron chi connectivity index (χ2n) is 4.13. The zero-order chi connectivity index (χ0) is 15.4. The molecule has 0 aliphatic heterocycles. The summed E-state index contributed by atoms with van der Waals surface area (Å²) in [4.78, 5) is 15.0. The molecule has 0 aliphatic rings. The van der Waals surface area contributed by atoms with Gasteiger partial charge in [-0.1, -0.05) is 12.1 Å². The third-order valence-corrected chi connectivity index (χ3v) is 2.68. The Morgan fingerprint density at radius 3 is 2.62 bits per heavy atom. The van der Waals surface area contributed by atoms with Gasteiger partial charge in [-0.3, -0.25) is 0 Å². The number of anilines is 2. The van der Waals surface area contributed by atoms with E-state index in [2.05, 4.69) is 15.0 Å². The van der Waals surface area contributed by atoms with Crippen molar-refractivity contribution in [3.63, 3.8) is 0 Å². The van der Waals surface area contributed by atoms with Crippen molar-refractivity contribution in [2.24, 2.45) is 0 Å². The average molecular weight is 294 g/mol. The van der Waals surface area contributed by atoms with Gasteiger partial charge in [0.1, 0.15) is 11.6 Å². The molecule has 0 atom stereocenters. The highest BCUT2D eigenvalue weighted by Gasteiger charge is 2.12. The van der Waals surface area contributed by atoms with E-state index >= 15 is 0 Å². The number of ether oxygens (including phenoxy) is 1. The quantitative estimate of drug-likeness (QED) is 0.884. The molecule has 5 nitrogen and oxygen atoms in total. The zero-order valence-electron chi connectivity index (χ0n) is 11.0. The number of hydrogen-bond acceptors (Lipinski definition) is 4. The fraction of sp³-hybridized carbons (Fsp3) is 0.143. The molecule has 110 valence electrons. The Hall–Kier alpha value is -2.70. The molecule has 1 aromatic heterocycles. The SMILES string of the molecule is Cc1nc(Nc2ccccc2OC(F)F)ccc1C(=O)O. The second kappa shape index (κ2) is 6.17. The van der Waals surface area contributed by atoms with Crippen molar-refractivity contribution in [1.29, 1.82) is 0 Å². The van der Waals surface area contributed by atoms with Crippen LogP contribution in [-0.2, 0) is 0 Å². The lowest BCUT2D eigenvalue weighted by Gasteiger charge is -2.12. The van der Waals surface area contributed by atoms with Crippen LogP contribution in [0.15, 0.2) is 36.4 Å². The van der Waals surface area contributed by atoms with Gasteiger partial charge in [-0.25, -0.2) is 9.78 Å². The van der Waals surface area contributed by atoms with Gasteiger partial charge in [0.2, 0.25) is 0 Å². The first kappa shape index (κ1) is 14.7. The molecule has 0 saturated heterocycles. The number of aromatic carboxylic acids is 1. The number of nitrogens with zero attached hydrogens (tertiary/aromatic N) is 1. The highest BCUT2D eigenvalue weighted by Crippen LogP contribution is 2.28. The van der Waals surface area contributed by atoms with Crippen LogP contribution in [0.5, 0.6) is 5.75 Å². The van der Waals surface area contributed by atoms with E-state index in [1.165, 1.54) is 18.2 Å². The van der Waals surface area contributed by atoms with Gasteiger partial charge in [0.25, 0.3) is 0 Å². The predicted octanol–water partition coefficient (Wildman–Crippen LogP) is 3.43. The molecule has 0 fully saturated rings. The van der Waals surface area contributed by atoms with E-state index in [1.807, 2.05) is 0 Å². The van der Waals surface area contributed by atoms with E-state index in [1.54, 1.807) is 25.1 Å². The number of halogens is 2. The number of benzene rings is 1. The number of aromatic nitrogens is 1. The summed E-state index contributed by atoms with van der Waals surface area (Å²) in [6.07, 6.45) is 0. The lowest BCUT2D eigenvalue weighted by molar-refractivity contribution is -0.0493. The maximum atomic E-state index is 12.3. The predicted molar refractivity (Wildman–Crippen MR) is 72.3 cm³/mol.